The van der Waals surface area contributed by atoms with Crippen LogP contribution < -0.4 is 15.5 Å². The number of amides is 1. The fourth-order valence-corrected chi connectivity index (χ4v) is 4.82. The van der Waals surface area contributed by atoms with Gasteiger partial charge in [-0.05, 0) is 37.9 Å². The molecule has 4 aromatic rings. The minimum Gasteiger partial charge on any atom is -0.371 e. The molecule has 1 aliphatic heterocycles. The van der Waals surface area contributed by atoms with Crippen molar-refractivity contribution in [2.75, 3.05) is 29.9 Å². The van der Waals surface area contributed by atoms with Crippen LogP contribution in [0, 0.1) is 5.82 Å². The largest absolute Gasteiger partial charge is 0.371 e. The van der Waals surface area contributed by atoms with Crippen LogP contribution in [0.4, 0.5) is 15.8 Å². The number of piperidine rings is 1. The zero-order chi connectivity index (χ0) is 23.8. The topological polar surface area (TPSA) is 79.5 Å². The maximum absolute atomic E-state index is 14.6. The molecule has 4 heterocycles. The molecule has 0 aliphatic carbocycles. The highest BCUT2D eigenvalue weighted by Crippen LogP contribution is 2.31. The van der Waals surface area contributed by atoms with Crippen LogP contribution in [-0.2, 0) is 13.5 Å². The third-order valence-electron chi connectivity index (χ3n) is 6.52. The number of halogens is 1. The van der Waals surface area contributed by atoms with E-state index in [0.717, 1.165) is 49.2 Å². The summed E-state index contributed by atoms with van der Waals surface area (Å²) in [6.07, 6.45) is 8.29. The zero-order valence-corrected chi connectivity index (χ0v) is 19.8. The van der Waals surface area contributed by atoms with E-state index in [1.165, 1.54) is 6.07 Å². The summed E-state index contributed by atoms with van der Waals surface area (Å²) < 4.78 is 17.9. The Morgan fingerprint density at radius 2 is 1.97 bits per heavy atom. The lowest BCUT2D eigenvalue weighted by Crippen LogP contribution is -2.42. The van der Waals surface area contributed by atoms with Crippen molar-refractivity contribution in [1.82, 2.24) is 24.5 Å². The van der Waals surface area contributed by atoms with Gasteiger partial charge in [0.2, 0.25) is 0 Å². The van der Waals surface area contributed by atoms with Gasteiger partial charge in [-0.1, -0.05) is 13.8 Å². The average Bonchev–Trinajstić information content (AvgIpc) is 3.42. The third kappa shape index (κ3) is 4.11. The van der Waals surface area contributed by atoms with Crippen LogP contribution in [0.3, 0.4) is 0 Å². The normalized spacial score (nSPS) is 14.9. The highest BCUT2D eigenvalue weighted by Gasteiger charge is 2.23. The van der Waals surface area contributed by atoms with E-state index in [4.69, 9.17) is 0 Å². The number of benzene rings is 1. The van der Waals surface area contributed by atoms with E-state index in [-0.39, 0.29) is 11.6 Å². The molecule has 0 atom stereocenters. The smallest absolute Gasteiger partial charge is 0.257 e. The zero-order valence-electron chi connectivity index (χ0n) is 19.8. The molecule has 1 aromatic carbocycles. The summed E-state index contributed by atoms with van der Waals surface area (Å²) in [5, 5.41) is 11.9. The van der Waals surface area contributed by atoms with E-state index in [1.54, 1.807) is 21.5 Å². The first-order valence-corrected chi connectivity index (χ1v) is 11.9. The minimum absolute atomic E-state index is 0.254. The Morgan fingerprint density at radius 1 is 1.18 bits per heavy atom. The predicted octanol–water partition coefficient (Wildman–Crippen LogP) is 3.75. The van der Waals surface area contributed by atoms with Gasteiger partial charge in [0.15, 0.2) is 11.5 Å². The number of imidazole rings is 1. The van der Waals surface area contributed by atoms with Gasteiger partial charge in [-0.3, -0.25) is 9.48 Å². The van der Waals surface area contributed by atoms with Gasteiger partial charge in [0.1, 0.15) is 5.52 Å². The van der Waals surface area contributed by atoms with Crippen LogP contribution in [0.25, 0.3) is 16.6 Å². The maximum Gasteiger partial charge on any atom is 0.257 e. The van der Waals surface area contributed by atoms with E-state index >= 15 is 0 Å². The molecule has 0 saturated carbocycles. The molecule has 5 rings (SSSR count). The summed E-state index contributed by atoms with van der Waals surface area (Å²) in [5.41, 5.74) is 3.61. The first kappa shape index (κ1) is 22.3. The number of fused-ring (bicyclic) bond motifs is 2. The lowest BCUT2D eigenvalue weighted by Gasteiger charge is -2.34. The first-order valence-electron chi connectivity index (χ1n) is 11.9. The number of pyridine rings is 1. The second-order valence-corrected chi connectivity index (χ2v) is 8.86. The van der Waals surface area contributed by atoms with Gasteiger partial charge in [-0.15, -0.1) is 0 Å². The highest BCUT2D eigenvalue weighted by molar-refractivity contribution is 6.13. The van der Waals surface area contributed by atoms with E-state index in [1.807, 2.05) is 32.3 Å². The molecule has 8 nitrogen and oxygen atoms in total. The molecule has 2 N–H and O–H groups in total. The molecule has 1 saturated heterocycles. The Morgan fingerprint density at radius 3 is 2.71 bits per heavy atom. The fraction of sp³-hybridized carbons (Fsp3) is 0.400. The first-order chi connectivity index (χ1) is 16.5. The van der Waals surface area contributed by atoms with Gasteiger partial charge in [0, 0.05) is 61.9 Å². The Bertz CT molecular complexity index is 1350. The molecular weight excluding hydrogens is 433 g/mol. The van der Waals surface area contributed by atoms with E-state index in [0.29, 0.717) is 29.2 Å². The van der Waals surface area contributed by atoms with Crippen LogP contribution in [0.1, 0.15) is 42.7 Å². The average molecular weight is 464 g/mol. The standard InChI is InChI=1S/C25H30FN7O/c1-4-16-13-33-14-18(12-21(26)24(33)28-16)29-25(34)19-6-7-22(20-15-31(3)30-23(19)20)32-10-8-17(9-11-32)27-5-2/h6-7,12-15,17,27H,4-5,8-11H2,1-3H3,(H,29,34). The van der Waals surface area contributed by atoms with Crippen molar-refractivity contribution in [2.24, 2.45) is 7.05 Å². The van der Waals surface area contributed by atoms with Crippen molar-refractivity contribution in [1.29, 1.82) is 0 Å². The molecule has 0 spiro atoms. The number of carbonyl (C=O) groups excluding carboxylic acids is 1. The molecule has 1 aliphatic rings. The number of nitrogens with one attached hydrogen (secondary N) is 2. The van der Waals surface area contributed by atoms with E-state index in [2.05, 4.69) is 32.5 Å². The number of hydrogen-bond acceptors (Lipinski definition) is 5. The number of hydrogen-bond donors (Lipinski definition) is 2. The number of rotatable bonds is 6. The molecule has 178 valence electrons. The second kappa shape index (κ2) is 9.06. The summed E-state index contributed by atoms with van der Waals surface area (Å²) >= 11 is 0. The Labute approximate surface area is 197 Å². The molecule has 3 aromatic heterocycles. The lowest BCUT2D eigenvalue weighted by atomic mass is 10.0. The van der Waals surface area contributed by atoms with Crippen LogP contribution in [-0.4, -0.2) is 50.7 Å². The van der Waals surface area contributed by atoms with E-state index in [9.17, 15) is 9.18 Å². The predicted molar refractivity (Wildman–Crippen MR) is 132 cm³/mol. The summed E-state index contributed by atoms with van der Waals surface area (Å²) in [6, 6.07) is 5.67. The molecule has 0 unspecified atom stereocenters. The van der Waals surface area contributed by atoms with Crippen LogP contribution in [0.5, 0.6) is 0 Å². The van der Waals surface area contributed by atoms with Gasteiger partial charge in [0.05, 0.1) is 16.9 Å². The van der Waals surface area contributed by atoms with Gasteiger partial charge >= 0.3 is 0 Å². The van der Waals surface area contributed by atoms with Crippen molar-refractivity contribution in [3.05, 3.63) is 53.9 Å². The summed E-state index contributed by atoms with van der Waals surface area (Å²) in [6.45, 7) is 7.00. The molecule has 1 fully saturated rings. The molecule has 1 amide bonds. The summed E-state index contributed by atoms with van der Waals surface area (Å²) in [7, 11) is 1.86. The number of anilines is 2. The van der Waals surface area contributed by atoms with Gasteiger partial charge in [-0.25, -0.2) is 9.37 Å². The van der Waals surface area contributed by atoms with Gasteiger partial charge in [0.25, 0.3) is 5.91 Å². The van der Waals surface area contributed by atoms with Gasteiger partial charge in [-0.2, -0.15) is 5.10 Å². The highest BCUT2D eigenvalue weighted by atomic mass is 19.1. The number of aromatic nitrogens is 4. The Kier molecular flexibility index (Phi) is 5.95. The molecule has 34 heavy (non-hydrogen) atoms. The van der Waals surface area contributed by atoms with Gasteiger partial charge < -0.3 is 19.9 Å². The fourth-order valence-electron chi connectivity index (χ4n) is 4.82. The molecule has 9 heteroatoms. The molecule has 0 bridgehead atoms. The van der Waals surface area contributed by atoms with Crippen LogP contribution in [0.2, 0.25) is 0 Å². The lowest BCUT2D eigenvalue weighted by molar-refractivity contribution is 0.102. The summed E-state index contributed by atoms with van der Waals surface area (Å²) in [4.78, 5) is 19.9. The van der Waals surface area contributed by atoms with Crippen molar-refractivity contribution in [2.45, 2.75) is 39.2 Å². The SMILES string of the molecule is CCNC1CCN(c2ccc(C(=O)Nc3cc(F)c4nc(CC)cn4c3)c3nn(C)cc23)CC1. The second-order valence-electron chi connectivity index (χ2n) is 8.86. The maximum atomic E-state index is 14.6. The number of carbonyl (C=O) groups is 1. The molecular formula is C25H30FN7O. The van der Waals surface area contributed by atoms with Crippen molar-refractivity contribution in [3.63, 3.8) is 0 Å². The number of aryl methyl sites for hydroxylation is 2. The van der Waals surface area contributed by atoms with E-state index < -0.39 is 5.82 Å². The molecule has 0 radical (unpaired) electrons. The number of nitrogens with zero attached hydrogens (tertiary/aromatic N) is 5. The summed E-state index contributed by atoms with van der Waals surface area (Å²) in [5.74, 6) is -0.799. The monoisotopic (exact) mass is 463 g/mol. The minimum atomic E-state index is -0.475. The van der Waals surface area contributed by atoms with Crippen molar-refractivity contribution < 1.29 is 9.18 Å². The van der Waals surface area contributed by atoms with Crippen LogP contribution >= 0.6 is 0 Å². The van der Waals surface area contributed by atoms with Crippen molar-refractivity contribution >= 4 is 33.8 Å². The Hall–Kier alpha value is -3.46. The Balaban J connectivity index is 1.42. The quantitative estimate of drug-likeness (QED) is 0.455. The third-order valence-corrected chi connectivity index (χ3v) is 6.52. The van der Waals surface area contributed by atoms with Crippen molar-refractivity contribution in [3.8, 4) is 0 Å². The van der Waals surface area contributed by atoms with Crippen LogP contribution in [0.15, 0.2) is 36.8 Å².